The SMILES string of the molecule is O=C(NC1(c2ncon2)CCOCC1)c1cccc(-c2ccoc2)c1. The van der Waals surface area contributed by atoms with Crippen LogP contribution in [0, 0.1) is 0 Å². The number of benzene rings is 1. The average molecular weight is 339 g/mol. The van der Waals surface area contributed by atoms with Gasteiger partial charge >= 0.3 is 0 Å². The molecule has 7 heteroatoms. The molecule has 1 amide bonds. The van der Waals surface area contributed by atoms with Gasteiger partial charge in [-0.2, -0.15) is 4.98 Å². The zero-order valence-corrected chi connectivity index (χ0v) is 13.5. The third-order valence-corrected chi connectivity index (χ3v) is 4.47. The van der Waals surface area contributed by atoms with Crippen molar-refractivity contribution in [3.05, 3.63) is 60.6 Å². The minimum Gasteiger partial charge on any atom is -0.472 e. The van der Waals surface area contributed by atoms with Crippen LogP contribution < -0.4 is 5.32 Å². The van der Waals surface area contributed by atoms with E-state index in [1.807, 2.05) is 24.3 Å². The van der Waals surface area contributed by atoms with Crippen LogP contribution in [-0.2, 0) is 10.3 Å². The molecular weight excluding hydrogens is 322 g/mol. The number of ether oxygens (including phenoxy) is 1. The lowest BCUT2D eigenvalue weighted by atomic mass is 9.88. The molecule has 1 aliphatic heterocycles. The van der Waals surface area contributed by atoms with Crippen LogP contribution in [0.15, 0.2) is 58.2 Å². The van der Waals surface area contributed by atoms with Gasteiger partial charge in [0.15, 0.2) is 5.82 Å². The summed E-state index contributed by atoms with van der Waals surface area (Å²) in [5.41, 5.74) is 1.73. The van der Waals surface area contributed by atoms with E-state index in [0.29, 0.717) is 37.4 Å². The Morgan fingerprint density at radius 1 is 1.16 bits per heavy atom. The fourth-order valence-corrected chi connectivity index (χ4v) is 3.06. The van der Waals surface area contributed by atoms with Crippen LogP contribution in [0.25, 0.3) is 11.1 Å². The van der Waals surface area contributed by atoms with Crippen LogP contribution in [0.5, 0.6) is 0 Å². The Hall–Kier alpha value is -2.93. The van der Waals surface area contributed by atoms with Crippen molar-refractivity contribution in [2.24, 2.45) is 0 Å². The quantitative estimate of drug-likeness (QED) is 0.786. The number of hydrogen-bond donors (Lipinski definition) is 1. The van der Waals surface area contributed by atoms with E-state index in [1.54, 1.807) is 18.6 Å². The highest BCUT2D eigenvalue weighted by molar-refractivity contribution is 5.96. The first kappa shape index (κ1) is 15.6. The molecule has 1 saturated heterocycles. The van der Waals surface area contributed by atoms with Gasteiger partial charge in [-0.25, -0.2) is 0 Å². The lowest BCUT2D eigenvalue weighted by Gasteiger charge is -2.35. The molecule has 0 unspecified atom stereocenters. The average Bonchev–Trinajstić information content (AvgIpc) is 3.36. The standard InChI is InChI=1S/C18H17N3O4/c22-16(14-3-1-2-13(10-14)15-4-7-24-11-15)20-18(5-8-23-9-6-18)17-19-12-25-21-17/h1-4,7,10-12H,5-6,8-9H2,(H,20,22). The van der Waals surface area contributed by atoms with Crippen molar-refractivity contribution in [2.45, 2.75) is 18.4 Å². The molecule has 2 aromatic heterocycles. The van der Waals surface area contributed by atoms with E-state index >= 15 is 0 Å². The maximum atomic E-state index is 12.9. The number of hydrogen-bond acceptors (Lipinski definition) is 6. The molecule has 1 aliphatic rings. The van der Waals surface area contributed by atoms with E-state index in [4.69, 9.17) is 13.7 Å². The predicted molar refractivity (Wildman–Crippen MR) is 87.6 cm³/mol. The largest absolute Gasteiger partial charge is 0.472 e. The molecule has 3 aromatic rings. The van der Waals surface area contributed by atoms with Crippen LogP contribution in [0.3, 0.4) is 0 Å². The molecule has 1 fully saturated rings. The lowest BCUT2D eigenvalue weighted by Crippen LogP contribution is -2.50. The van der Waals surface area contributed by atoms with Gasteiger partial charge in [0.2, 0.25) is 6.39 Å². The molecular formula is C18H17N3O4. The van der Waals surface area contributed by atoms with E-state index < -0.39 is 5.54 Å². The minimum absolute atomic E-state index is 0.183. The van der Waals surface area contributed by atoms with E-state index in [0.717, 1.165) is 11.1 Å². The van der Waals surface area contributed by atoms with Crippen LogP contribution in [0.4, 0.5) is 0 Å². The molecule has 0 spiro atoms. The summed E-state index contributed by atoms with van der Waals surface area (Å²) in [6, 6.07) is 9.26. The summed E-state index contributed by atoms with van der Waals surface area (Å²) in [5, 5.41) is 7.04. The lowest BCUT2D eigenvalue weighted by molar-refractivity contribution is 0.0306. The van der Waals surface area contributed by atoms with E-state index in [1.165, 1.54) is 6.39 Å². The van der Waals surface area contributed by atoms with Gasteiger partial charge in [0.25, 0.3) is 5.91 Å². The van der Waals surface area contributed by atoms with Gasteiger partial charge in [-0.3, -0.25) is 4.79 Å². The molecule has 0 atom stereocenters. The van der Waals surface area contributed by atoms with Gasteiger partial charge in [-0.1, -0.05) is 17.3 Å². The van der Waals surface area contributed by atoms with Crippen LogP contribution in [0.1, 0.15) is 29.0 Å². The predicted octanol–water partition coefficient (Wildman–Crippen LogP) is 2.77. The summed E-state index contributed by atoms with van der Waals surface area (Å²) in [4.78, 5) is 17.0. The van der Waals surface area contributed by atoms with Gasteiger partial charge in [-0.05, 0) is 23.8 Å². The third-order valence-electron chi connectivity index (χ3n) is 4.47. The van der Waals surface area contributed by atoms with Gasteiger partial charge in [-0.15, -0.1) is 0 Å². The van der Waals surface area contributed by atoms with Crippen molar-refractivity contribution in [3.8, 4) is 11.1 Å². The van der Waals surface area contributed by atoms with Crippen molar-refractivity contribution in [3.63, 3.8) is 0 Å². The third kappa shape index (κ3) is 3.06. The Bertz CT molecular complexity index is 837. The Kier molecular flexibility index (Phi) is 4.07. The highest BCUT2D eigenvalue weighted by atomic mass is 16.5. The van der Waals surface area contributed by atoms with Crippen LogP contribution >= 0.6 is 0 Å². The summed E-state index contributed by atoms with van der Waals surface area (Å²) in [6.07, 6.45) is 5.73. The van der Waals surface area contributed by atoms with Crippen LogP contribution in [-0.4, -0.2) is 29.3 Å². The molecule has 128 valence electrons. The number of nitrogens with one attached hydrogen (secondary N) is 1. The maximum Gasteiger partial charge on any atom is 0.252 e. The number of aromatic nitrogens is 2. The zero-order valence-electron chi connectivity index (χ0n) is 13.5. The summed E-state index contributed by atoms with van der Waals surface area (Å²) >= 11 is 0. The zero-order chi connectivity index (χ0) is 17.1. The topological polar surface area (TPSA) is 90.4 Å². The molecule has 0 radical (unpaired) electrons. The summed E-state index contributed by atoms with van der Waals surface area (Å²) in [7, 11) is 0. The fourth-order valence-electron chi connectivity index (χ4n) is 3.06. The Balaban J connectivity index is 1.61. The van der Waals surface area contributed by atoms with Crippen molar-refractivity contribution >= 4 is 5.91 Å². The second kappa shape index (κ2) is 6.52. The Labute approximate surface area is 144 Å². The van der Waals surface area contributed by atoms with Crippen LogP contribution in [0.2, 0.25) is 0 Å². The van der Waals surface area contributed by atoms with Gasteiger partial charge in [0.1, 0.15) is 5.54 Å². The summed E-state index contributed by atoms with van der Waals surface area (Å²) in [6.45, 7) is 1.06. The molecule has 0 aliphatic carbocycles. The molecule has 7 nitrogen and oxygen atoms in total. The van der Waals surface area contributed by atoms with Crippen molar-refractivity contribution in [1.29, 1.82) is 0 Å². The monoisotopic (exact) mass is 339 g/mol. The second-order valence-electron chi connectivity index (χ2n) is 6.00. The highest BCUT2D eigenvalue weighted by Crippen LogP contribution is 2.30. The van der Waals surface area contributed by atoms with E-state index in [-0.39, 0.29) is 5.91 Å². The molecule has 1 N–H and O–H groups in total. The maximum absolute atomic E-state index is 12.9. The number of carbonyl (C=O) groups is 1. The first-order chi connectivity index (χ1) is 12.3. The van der Waals surface area contributed by atoms with Crippen molar-refractivity contribution in [2.75, 3.05) is 13.2 Å². The van der Waals surface area contributed by atoms with Gasteiger partial charge in [0, 0.05) is 37.2 Å². The Morgan fingerprint density at radius 3 is 2.76 bits per heavy atom. The van der Waals surface area contributed by atoms with E-state index in [2.05, 4.69) is 15.5 Å². The minimum atomic E-state index is -0.673. The number of rotatable bonds is 4. The van der Waals surface area contributed by atoms with E-state index in [9.17, 15) is 4.79 Å². The van der Waals surface area contributed by atoms with Gasteiger partial charge in [0.05, 0.1) is 12.5 Å². The molecule has 3 heterocycles. The summed E-state index contributed by atoms with van der Waals surface area (Å²) in [5.74, 6) is 0.298. The first-order valence-corrected chi connectivity index (χ1v) is 8.07. The molecule has 4 rings (SSSR count). The normalized spacial score (nSPS) is 16.5. The second-order valence-corrected chi connectivity index (χ2v) is 6.00. The molecule has 1 aromatic carbocycles. The van der Waals surface area contributed by atoms with Gasteiger partial charge < -0.3 is 19.0 Å². The molecule has 0 bridgehead atoms. The number of amides is 1. The number of carbonyl (C=O) groups excluding carboxylic acids is 1. The molecule has 0 saturated carbocycles. The first-order valence-electron chi connectivity index (χ1n) is 8.07. The summed E-state index contributed by atoms with van der Waals surface area (Å²) < 4.78 is 15.4. The fraction of sp³-hybridized carbons (Fsp3) is 0.278. The highest BCUT2D eigenvalue weighted by Gasteiger charge is 2.40. The number of nitrogens with zero attached hydrogens (tertiary/aromatic N) is 2. The molecule has 25 heavy (non-hydrogen) atoms. The van der Waals surface area contributed by atoms with Crippen molar-refractivity contribution < 1.29 is 18.5 Å². The smallest absolute Gasteiger partial charge is 0.252 e. The van der Waals surface area contributed by atoms with Crippen molar-refractivity contribution in [1.82, 2.24) is 15.5 Å². The Morgan fingerprint density at radius 2 is 2.04 bits per heavy atom. The number of furan rings is 1.